The molecule has 0 aliphatic carbocycles. The number of carbonyl (C=O) groups excluding carboxylic acids is 1. The van der Waals surface area contributed by atoms with Gasteiger partial charge in [-0.3, -0.25) is 9.89 Å². The summed E-state index contributed by atoms with van der Waals surface area (Å²) >= 11 is 0. The fourth-order valence-electron chi connectivity index (χ4n) is 0.805. The molecular formula is C7H12N4O. The van der Waals surface area contributed by atoms with E-state index >= 15 is 0 Å². The third kappa shape index (κ3) is 2.71. The van der Waals surface area contributed by atoms with Crippen LogP contribution in [0.1, 0.15) is 12.8 Å². The molecule has 0 spiro atoms. The minimum absolute atomic E-state index is 0.0261. The number of aromatic amines is 1. The van der Waals surface area contributed by atoms with E-state index in [1.165, 1.54) is 0 Å². The van der Waals surface area contributed by atoms with Crippen molar-refractivity contribution in [2.45, 2.75) is 12.8 Å². The van der Waals surface area contributed by atoms with Crippen LogP contribution < -0.4 is 11.1 Å². The molecule has 0 bridgehead atoms. The number of amides is 1. The van der Waals surface area contributed by atoms with E-state index in [1.54, 1.807) is 12.4 Å². The predicted octanol–water partition coefficient (Wildman–Crippen LogP) is 0.0871. The van der Waals surface area contributed by atoms with Gasteiger partial charge in [0, 0.05) is 12.6 Å². The van der Waals surface area contributed by atoms with E-state index in [-0.39, 0.29) is 5.91 Å². The Morgan fingerprint density at radius 3 is 3.17 bits per heavy atom. The van der Waals surface area contributed by atoms with Crippen LogP contribution >= 0.6 is 0 Å². The molecule has 4 N–H and O–H groups in total. The normalized spacial score (nSPS) is 9.75. The maximum absolute atomic E-state index is 11.1. The van der Waals surface area contributed by atoms with Gasteiger partial charge in [-0.05, 0) is 13.0 Å². The van der Waals surface area contributed by atoms with Crippen LogP contribution in [0.5, 0.6) is 0 Å². The maximum Gasteiger partial charge on any atom is 0.224 e. The van der Waals surface area contributed by atoms with Gasteiger partial charge < -0.3 is 11.1 Å². The summed E-state index contributed by atoms with van der Waals surface area (Å²) < 4.78 is 0. The van der Waals surface area contributed by atoms with Crippen LogP contribution in [0.2, 0.25) is 0 Å². The quantitative estimate of drug-likeness (QED) is 0.595. The van der Waals surface area contributed by atoms with Gasteiger partial charge in [0.1, 0.15) is 0 Å². The Morgan fingerprint density at radius 1 is 1.75 bits per heavy atom. The number of carbonyl (C=O) groups is 1. The van der Waals surface area contributed by atoms with Crippen LogP contribution in [0, 0.1) is 0 Å². The third-order valence-corrected chi connectivity index (χ3v) is 1.39. The molecule has 1 heterocycles. The molecule has 0 saturated heterocycles. The van der Waals surface area contributed by atoms with Crippen molar-refractivity contribution < 1.29 is 4.79 Å². The Hall–Kier alpha value is -1.36. The summed E-state index contributed by atoms with van der Waals surface area (Å²) in [7, 11) is 0. The predicted molar refractivity (Wildman–Crippen MR) is 45.5 cm³/mol. The van der Waals surface area contributed by atoms with Crippen molar-refractivity contribution in [3.63, 3.8) is 0 Å². The standard InChI is InChI=1S/C7H12N4O/c8-3-1-2-7(12)11-6-4-9-10-5-6/h4-5H,1-3,8H2,(H,9,10)(H,11,12). The van der Waals surface area contributed by atoms with Crippen molar-refractivity contribution in [2.24, 2.45) is 5.73 Å². The lowest BCUT2D eigenvalue weighted by Gasteiger charge is -1.99. The number of hydrogen-bond acceptors (Lipinski definition) is 3. The first-order valence-corrected chi connectivity index (χ1v) is 3.81. The molecule has 0 atom stereocenters. The van der Waals surface area contributed by atoms with Gasteiger partial charge in [-0.15, -0.1) is 0 Å². The molecule has 1 aromatic heterocycles. The number of nitrogens with two attached hydrogens (primary N) is 1. The van der Waals surface area contributed by atoms with Crippen LogP contribution in [0.4, 0.5) is 5.69 Å². The number of anilines is 1. The third-order valence-electron chi connectivity index (χ3n) is 1.39. The minimum atomic E-state index is -0.0261. The largest absolute Gasteiger partial charge is 0.330 e. The van der Waals surface area contributed by atoms with E-state index in [0.29, 0.717) is 25.1 Å². The SMILES string of the molecule is NCCCC(=O)Nc1cn[nH]c1. The highest BCUT2D eigenvalue weighted by molar-refractivity contribution is 5.90. The van der Waals surface area contributed by atoms with Gasteiger partial charge in [0.05, 0.1) is 11.9 Å². The Balaban J connectivity index is 2.27. The van der Waals surface area contributed by atoms with Gasteiger partial charge >= 0.3 is 0 Å². The summed E-state index contributed by atoms with van der Waals surface area (Å²) in [5.41, 5.74) is 5.94. The molecule has 1 amide bonds. The number of nitrogens with zero attached hydrogens (tertiary/aromatic N) is 1. The molecule has 0 aliphatic heterocycles. The molecule has 0 radical (unpaired) electrons. The lowest BCUT2D eigenvalue weighted by Crippen LogP contribution is -2.12. The highest BCUT2D eigenvalue weighted by atomic mass is 16.1. The van der Waals surface area contributed by atoms with Crippen molar-refractivity contribution in [1.82, 2.24) is 10.2 Å². The Kier molecular flexibility index (Phi) is 3.28. The minimum Gasteiger partial charge on any atom is -0.330 e. The van der Waals surface area contributed by atoms with E-state index in [0.717, 1.165) is 0 Å². The van der Waals surface area contributed by atoms with Crippen molar-refractivity contribution in [3.05, 3.63) is 12.4 Å². The number of H-pyrrole nitrogens is 1. The summed E-state index contributed by atoms with van der Waals surface area (Å²) in [6, 6.07) is 0. The van der Waals surface area contributed by atoms with E-state index in [1.807, 2.05) is 0 Å². The first-order valence-electron chi connectivity index (χ1n) is 3.81. The summed E-state index contributed by atoms with van der Waals surface area (Å²) in [5.74, 6) is -0.0261. The average molecular weight is 168 g/mol. The van der Waals surface area contributed by atoms with Crippen LogP contribution in [-0.2, 0) is 4.79 Å². The Morgan fingerprint density at radius 2 is 2.58 bits per heavy atom. The van der Waals surface area contributed by atoms with Gasteiger partial charge in [-0.25, -0.2) is 0 Å². The molecule has 5 heteroatoms. The molecule has 1 aromatic rings. The summed E-state index contributed by atoms with van der Waals surface area (Å²) in [6.45, 7) is 0.540. The highest BCUT2D eigenvalue weighted by Gasteiger charge is 2.00. The molecule has 0 aliphatic rings. The molecule has 0 aromatic carbocycles. The molecule has 1 rings (SSSR count). The number of aromatic nitrogens is 2. The highest BCUT2D eigenvalue weighted by Crippen LogP contribution is 2.01. The van der Waals surface area contributed by atoms with E-state index in [4.69, 9.17) is 5.73 Å². The van der Waals surface area contributed by atoms with Crippen LogP contribution in [0.15, 0.2) is 12.4 Å². The average Bonchev–Trinajstić information content (AvgIpc) is 2.53. The van der Waals surface area contributed by atoms with Crippen molar-refractivity contribution in [1.29, 1.82) is 0 Å². The summed E-state index contributed by atoms with van der Waals surface area (Å²) in [5, 5.41) is 8.96. The first-order chi connectivity index (χ1) is 5.83. The van der Waals surface area contributed by atoms with Crippen molar-refractivity contribution in [2.75, 3.05) is 11.9 Å². The second kappa shape index (κ2) is 4.50. The maximum atomic E-state index is 11.1. The first kappa shape index (κ1) is 8.73. The second-order valence-electron chi connectivity index (χ2n) is 2.43. The van der Waals surface area contributed by atoms with Gasteiger partial charge in [-0.1, -0.05) is 0 Å². The van der Waals surface area contributed by atoms with Gasteiger partial charge in [0.25, 0.3) is 0 Å². The Labute approximate surface area is 70.3 Å². The molecule has 5 nitrogen and oxygen atoms in total. The lowest BCUT2D eigenvalue weighted by atomic mass is 10.3. The van der Waals surface area contributed by atoms with E-state index in [2.05, 4.69) is 15.5 Å². The monoisotopic (exact) mass is 168 g/mol. The topological polar surface area (TPSA) is 83.8 Å². The summed E-state index contributed by atoms with van der Waals surface area (Å²) in [6.07, 6.45) is 4.35. The Bertz CT molecular complexity index is 232. The smallest absolute Gasteiger partial charge is 0.224 e. The number of rotatable bonds is 4. The molecule has 0 fully saturated rings. The van der Waals surface area contributed by atoms with Crippen molar-refractivity contribution in [3.8, 4) is 0 Å². The van der Waals surface area contributed by atoms with Crippen molar-refractivity contribution >= 4 is 11.6 Å². The molecule has 66 valence electrons. The number of hydrogen-bond donors (Lipinski definition) is 3. The van der Waals surface area contributed by atoms with Crippen LogP contribution in [-0.4, -0.2) is 22.6 Å². The van der Waals surface area contributed by atoms with E-state index in [9.17, 15) is 4.79 Å². The zero-order valence-electron chi connectivity index (χ0n) is 6.71. The van der Waals surface area contributed by atoms with E-state index < -0.39 is 0 Å². The molecule has 0 saturated carbocycles. The zero-order valence-corrected chi connectivity index (χ0v) is 6.71. The van der Waals surface area contributed by atoms with Crippen LogP contribution in [0.25, 0.3) is 0 Å². The van der Waals surface area contributed by atoms with Gasteiger partial charge in [0.15, 0.2) is 0 Å². The molecular weight excluding hydrogens is 156 g/mol. The second-order valence-corrected chi connectivity index (χ2v) is 2.43. The fourth-order valence-corrected chi connectivity index (χ4v) is 0.805. The van der Waals surface area contributed by atoms with Crippen LogP contribution in [0.3, 0.4) is 0 Å². The summed E-state index contributed by atoms with van der Waals surface area (Å²) in [4.78, 5) is 11.1. The molecule has 0 unspecified atom stereocenters. The molecule has 12 heavy (non-hydrogen) atoms. The fraction of sp³-hybridized carbons (Fsp3) is 0.429. The zero-order chi connectivity index (χ0) is 8.81. The van der Waals surface area contributed by atoms with Gasteiger partial charge in [0.2, 0.25) is 5.91 Å². The van der Waals surface area contributed by atoms with Gasteiger partial charge in [-0.2, -0.15) is 5.10 Å². The number of nitrogens with one attached hydrogen (secondary N) is 2. The lowest BCUT2D eigenvalue weighted by molar-refractivity contribution is -0.116.